The van der Waals surface area contributed by atoms with Gasteiger partial charge < -0.3 is 5.73 Å². The molecule has 3 nitrogen and oxygen atoms in total. The molecular weight excluding hydrogens is 254 g/mol. The van der Waals surface area contributed by atoms with Crippen molar-refractivity contribution in [3.05, 3.63) is 16.1 Å². The van der Waals surface area contributed by atoms with Gasteiger partial charge in [-0.1, -0.05) is 6.92 Å². The molecule has 1 aromatic rings. The maximum absolute atomic E-state index is 5.74. The Kier molecular flexibility index (Phi) is 5.86. The van der Waals surface area contributed by atoms with Gasteiger partial charge >= 0.3 is 0 Å². The highest BCUT2D eigenvalue weighted by molar-refractivity contribution is 7.09. The minimum atomic E-state index is 0. The molecule has 0 bridgehead atoms. The van der Waals surface area contributed by atoms with E-state index in [1.807, 2.05) is 0 Å². The number of hydrogen-bond donors (Lipinski definition) is 1. The fourth-order valence-corrected chi connectivity index (χ4v) is 3.14. The molecule has 5 heteroatoms. The van der Waals surface area contributed by atoms with Gasteiger partial charge in [0.15, 0.2) is 0 Å². The molecule has 0 amide bonds. The minimum absolute atomic E-state index is 0. The Morgan fingerprint density at radius 2 is 2.35 bits per heavy atom. The summed E-state index contributed by atoms with van der Waals surface area (Å²) in [5.41, 5.74) is 6.97. The van der Waals surface area contributed by atoms with E-state index in [0.29, 0.717) is 12.0 Å². The van der Waals surface area contributed by atoms with E-state index in [1.165, 1.54) is 17.1 Å². The lowest BCUT2D eigenvalue weighted by Crippen LogP contribution is -2.27. The van der Waals surface area contributed by atoms with Gasteiger partial charge in [0.25, 0.3) is 0 Å². The summed E-state index contributed by atoms with van der Waals surface area (Å²) in [5.74, 6) is 0.680. The molecule has 1 aromatic heterocycles. The number of hydrogen-bond acceptors (Lipinski definition) is 4. The maximum Gasteiger partial charge on any atom is 0.0926 e. The van der Waals surface area contributed by atoms with Crippen LogP contribution in [0.5, 0.6) is 0 Å². The van der Waals surface area contributed by atoms with Crippen molar-refractivity contribution < 1.29 is 0 Å². The van der Waals surface area contributed by atoms with Crippen molar-refractivity contribution in [2.75, 3.05) is 13.1 Å². The van der Waals surface area contributed by atoms with Crippen LogP contribution >= 0.6 is 23.7 Å². The van der Waals surface area contributed by atoms with Crippen LogP contribution in [0.4, 0.5) is 0 Å². The molecule has 17 heavy (non-hydrogen) atoms. The summed E-state index contributed by atoms with van der Waals surface area (Å²) in [4.78, 5) is 7.13. The van der Waals surface area contributed by atoms with Crippen LogP contribution < -0.4 is 5.73 Å². The van der Waals surface area contributed by atoms with E-state index in [-0.39, 0.29) is 12.4 Å². The Balaban J connectivity index is 0.00000144. The summed E-state index contributed by atoms with van der Waals surface area (Å²) in [6.45, 7) is 7.40. The first-order valence-corrected chi connectivity index (χ1v) is 6.98. The van der Waals surface area contributed by atoms with Gasteiger partial charge in [-0.15, -0.1) is 23.7 Å². The van der Waals surface area contributed by atoms with E-state index in [4.69, 9.17) is 5.73 Å². The molecule has 1 aliphatic rings. The Morgan fingerprint density at radius 1 is 1.59 bits per heavy atom. The van der Waals surface area contributed by atoms with Crippen molar-refractivity contribution in [2.45, 2.75) is 39.3 Å². The van der Waals surface area contributed by atoms with Gasteiger partial charge in [-0.25, -0.2) is 4.98 Å². The topological polar surface area (TPSA) is 42.2 Å². The van der Waals surface area contributed by atoms with E-state index in [0.717, 1.165) is 26.1 Å². The lowest BCUT2D eigenvalue weighted by molar-refractivity contribution is 0.253. The average Bonchev–Trinajstić information content (AvgIpc) is 2.87. The van der Waals surface area contributed by atoms with Crippen molar-refractivity contribution in [1.29, 1.82) is 0 Å². The van der Waals surface area contributed by atoms with Gasteiger partial charge in [0.1, 0.15) is 0 Å². The van der Waals surface area contributed by atoms with E-state index >= 15 is 0 Å². The number of thiazole rings is 1. The van der Waals surface area contributed by atoms with Crippen LogP contribution in [0.15, 0.2) is 5.38 Å². The minimum Gasteiger partial charge on any atom is -0.330 e. The van der Waals surface area contributed by atoms with Crippen LogP contribution in [0.1, 0.15) is 31.0 Å². The molecular formula is C12H22ClN3S. The molecule has 2 rings (SSSR count). The molecule has 1 fully saturated rings. The Morgan fingerprint density at radius 3 is 2.88 bits per heavy atom. The quantitative estimate of drug-likeness (QED) is 0.917. The lowest BCUT2D eigenvalue weighted by Gasteiger charge is -2.19. The van der Waals surface area contributed by atoms with E-state index < -0.39 is 0 Å². The predicted molar refractivity (Wildman–Crippen MR) is 75.8 cm³/mol. The molecule has 0 radical (unpaired) electrons. The first-order chi connectivity index (χ1) is 7.72. The fraction of sp³-hybridized carbons (Fsp3) is 0.750. The number of rotatable bonds is 4. The number of likely N-dealkylation sites (tertiary alicyclic amines) is 1. The van der Waals surface area contributed by atoms with Crippen LogP contribution in [-0.2, 0) is 13.0 Å². The van der Waals surface area contributed by atoms with Gasteiger partial charge in [0.05, 0.1) is 10.7 Å². The second kappa shape index (κ2) is 6.69. The van der Waals surface area contributed by atoms with E-state index in [1.54, 1.807) is 11.3 Å². The predicted octanol–water partition coefficient (Wildman–Crippen LogP) is 2.30. The van der Waals surface area contributed by atoms with Gasteiger partial charge in [-0.3, -0.25) is 4.90 Å². The highest BCUT2D eigenvalue weighted by Crippen LogP contribution is 2.24. The molecule has 2 N–H and O–H groups in total. The molecule has 2 unspecified atom stereocenters. The summed E-state index contributed by atoms with van der Waals surface area (Å²) in [6.07, 6.45) is 2.28. The number of halogens is 1. The smallest absolute Gasteiger partial charge is 0.0926 e. The third-order valence-electron chi connectivity index (χ3n) is 3.39. The number of nitrogens with two attached hydrogens (primary N) is 1. The molecule has 2 heterocycles. The average molecular weight is 276 g/mol. The van der Waals surface area contributed by atoms with Crippen molar-refractivity contribution in [2.24, 2.45) is 11.7 Å². The largest absolute Gasteiger partial charge is 0.330 e. The monoisotopic (exact) mass is 275 g/mol. The third-order valence-corrected chi connectivity index (χ3v) is 4.43. The van der Waals surface area contributed by atoms with Gasteiger partial charge in [0, 0.05) is 24.5 Å². The van der Waals surface area contributed by atoms with Crippen LogP contribution in [0.3, 0.4) is 0 Å². The summed E-state index contributed by atoms with van der Waals surface area (Å²) in [5, 5.41) is 3.44. The summed E-state index contributed by atoms with van der Waals surface area (Å²) < 4.78 is 0. The standard InChI is InChI=1S/C12H21N3S.ClH/c1-3-12-14-11(8-16-12)7-15-6-10(5-13)4-9(15)2;/h8-10H,3-7,13H2,1-2H3;1H. The van der Waals surface area contributed by atoms with Gasteiger partial charge in [-0.05, 0) is 32.2 Å². The van der Waals surface area contributed by atoms with Crippen LogP contribution in [0.25, 0.3) is 0 Å². The summed E-state index contributed by atoms with van der Waals surface area (Å²) >= 11 is 1.78. The summed E-state index contributed by atoms with van der Waals surface area (Å²) in [7, 11) is 0. The molecule has 0 spiro atoms. The molecule has 0 aliphatic carbocycles. The van der Waals surface area contributed by atoms with Crippen molar-refractivity contribution >= 4 is 23.7 Å². The van der Waals surface area contributed by atoms with Crippen LogP contribution in [0, 0.1) is 5.92 Å². The number of aromatic nitrogens is 1. The van der Waals surface area contributed by atoms with E-state index in [2.05, 4.69) is 29.1 Å². The lowest BCUT2D eigenvalue weighted by atomic mass is 10.1. The first-order valence-electron chi connectivity index (χ1n) is 6.10. The zero-order valence-electron chi connectivity index (χ0n) is 10.6. The highest BCUT2D eigenvalue weighted by atomic mass is 35.5. The van der Waals surface area contributed by atoms with Crippen LogP contribution in [0.2, 0.25) is 0 Å². The zero-order chi connectivity index (χ0) is 11.5. The molecule has 0 aromatic carbocycles. The Hall–Kier alpha value is -0.160. The SMILES string of the molecule is CCc1nc(CN2CC(CN)CC2C)cs1.Cl. The normalized spacial score (nSPS) is 24.9. The highest BCUT2D eigenvalue weighted by Gasteiger charge is 2.28. The van der Waals surface area contributed by atoms with Crippen LogP contribution in [-0.4, -0.2) is 29.0 Å². The van der Waals surface area contributed by atoms with Crippen molar-refractivity contribution in [3.63, 3.8) is 0 Å². The molecule has 1 aliphatic heterocycles. The van der Waals surface area contributed by atoms with Crippen molar-refractivity contribution in [1.82, 2.24) is 9.88 Å². The Bertz CT molecular complexity index is 342. The maximum atomic E-state index is 5.74. The second-order valence-corrected chi connectivity index (χ2v) is 5.64. The number of aryl methyl sites for hydroxylation is 1. The second-order valence-electron chi connectivity index (χ2n) is 4.70. The molecule has 2 atom stereocenters. The zero-order valence-corrected chi connectivity index (χ0v) is 12.2. The van der Waals surface area contributed by atoms with Crippen molar-refractivity contribution in [3.8, 4) is 0 Å². The van der Waals surface area contributed by atoms with Gasteiger partial charge in [0.2, 0.25) is 0 Å². The van der Waals surface area contributed by atoms with Gasteiger partial charge in [-0.2, -0.15) is 0 Å². The third kappa shape index (κ3) is 3.65. The fourth-order valence-electron chi connectivity index (χ4n) is 2.40. The molecule has 98 valence electrons. The summed E-state index contributed by atoms with van der Waals surface area (Å²) in [6, 6.07) is 0.653. The first kappa shape index (κ1) is 14.9. The number of nitrogens with zero attached hydrogens (tertiary/aromatic N) is 2. The molecule has 0 saturated carbocycles. The molecule has 1 saturated heterocycles. The Labute approximate surface area is 114 Å². The van der Waals surface area contributed by atoms with E-state index in [9.17, 15) is 0 Å².